The van der Waals surface area contributed by atoms with Crippen LogP contribution in [-0.4, -0.2) is 74.3 Å². The summed E-state index contributed by atoms with van der Waals surface area (Å²) in [5, 5.41) is 18.3. The Morgan fingerprint density at radius 3 is 2.08 bits per heavy atom. The first-order valence-corrected chi connectivity index (χ1v) is 4.90. The van der Waals surface area contributed by atoms with Gasteiger partial charge in [-0.05, 0) is 24.7 Å². The molecule has 2 N–H and O–H groups in total. The van der Waals surface area contributed by atoms with Crippen LogP contribution >= 0.6 is 0 Å². The van der Waals surface area contributed by atoms with Crippen LogP contribution < -0.4 is 0 Å². The van der Waals surface area contributed by atoms with Gasteiger partial charge in [0, 0.05) is 6.61 Å². The van der Waals surface area contributed by atoms with Crippen molar-refractivity contribution in [2.24, 2.45) is 11.8 Å². The van der Waals surface area contributed by atoms with E-state index in [-0.39, 0.29) is 64.1 Å². The minimum absolute atomic E-state index is 0. The summed E-state index contributed by atoms with van der Waals surface area (Å²) in [5.41, 5.74) is 0. The number of aliphatic hydroxyl groups excluding tert-OH is 2. The first-order chi connectivity index (χ1) is 5.61. The Balaban J connectivity index is 0. The molecule has 0 aromatic rings. The second kappa shape index (κ2) is 10.1. The number of aliphatic hydroxyl groups is 2. The molecule has 2 nitrogen and oxygen atoms in total. The third kappa shape index (κ3) is 8.54. The fraction of sp³-hybridized carbons (Fsp3) is 1.00. The van der Waals surface area contributed by atoms with Gasteiger partial charge in [-0.3, -0.25) is 0 Å². The Bertz CT molecular complexity index is 109. The van der Waals surface area contributed by atoms with Crippen molar-refractivity contribution in [1.82, 2.24) is 0 Å². The van der Waals surface area contributed by atoms with Gasteiger partial charge in [0.05, 0.1) is 6.10 Å². The van der Waals surface area contributed by atoms with Crippen LogP contribution in [0.25, 0.3) is 0 Å². The summed E-state index contributed by atoms with van der Waals surface area (Å²) in [6.45, 7) is 6.38. The molecule has 0 aromatic carbocycles. The van der Waals surface area contributed by atoms with E-state index in [2.05, 4.69) is 13.8 Å². The van der Waals surface area contributed by atoms with Crippen LogP contribution in [0.2, 0.25) is 0 Å². The molecule has 0 saturated carbocycles. The van der Waals surface area contributed by atoms with Gasteiger partial charge in [0.1, 0.15) is 0 Å². The molecule has 0 aromatic heterocycles. The average Bonchev–Trinajstić information content (AvgIpc) is 2.11. The summed E-state index contributed by atoms with van der Waals surface area (Å²) in [6.07, 6.45) is 2.57. The summed E-state index contributed by atoms with van der Waals surface area (Å²) in [4.78, 5) is 0. The van der Waals surface area contributed by atoms with Crippen molar-refractivity contribution in [3.63, 3.8) is 0 Å². The molecule has 0 spiro atoms. The van der Waals surface area contributed by atoms with E-state index >= 15 is 0 Å². The molecule has 0 heterocycles. The second-order valence-corrected chi connectivity index (χ2v) is 3.82. The molecule has 0 saturated heterocycles. The fourth-order valence-electron chi connectivity index (χ4n) is 1.10. The number of rotatable bonds is 6. The van der Waals surface area contributed by atoms with E-state index in [1.165, 1.54) is 0 Å². The zero-order valence-electron chi connectivity index (χ0n) is 8.45. The first-order valence-electron chi connectivity index (χ1n) is 4.90. The number of hydrogen-bond acceptors (Lipinski definition) is 2. The van der Waals surface area contributed by atoms with Crippen molar-refractivity contribution in [2.45, 2.75) is 46.1 Å². The Morgan fingerprint density at radius 2 is 1.69 bits per heavy atom. The molecule has 76 valence electrons. The van der Waals surface area contributed by atoms with Crippen LogP contribution in [-0.2, 0) is 0 Å². The molecule has 0 aliphatic rings. The van der Waals surface area contributed by atoms with Crippen molar-refractivity contribution in [2.75, 3.05) is 6.61 Å². The SMILES string of the molecule is CCC(C)C(O)CCC(C)CO.[KH]. The van der Waals surface area contributed by atoms with Gasteiger partial charge in [-0.1, -0.05) is 27.2 Å². The van der Waals surface area contributed by atoms with Gasteiger partial charge in [-0.15, -0.1) is 0 Å². The fourth-order valence-corrected chi connectivity index (χ4v) is 1.10. The monoisotopic (exact) mass is 214 g/mol. The molecule has 0 aliphatic heterocycles. The summed E-state index contributed by atoms with van der Waals surface area (Å²) >= 11 is 0. The standard InChI is InChI=1S/C10H22O2.K.H/c1-4-9(3)10(12)6-5-8(2)7-11;;/h8-12H,4-7H2,1-3H3;;. The summed E-state index contributed by atoms with van der Waals surface area (Å²) in [7, 11) is 0. The van der Waals surface area contributed by atoms with E-state index in [1.807, 2.05) is 6.92 Å². The van der Waals surface area contributed by atoms with Crippen LogP contribution in [0.3, 0.4) is 0 Å². The van der Waals surface area contributed by atoms with E-state index in [4.69, 9.17) is 5.11 Å². The Labute approximate surface area is 125 Å². The second-order valence-electron chi connectivity index (χ2n) is 3.82. The van der Waals surface area contributed by atoms with E-state index in [1.54, 1.807) is 0 Å². The van der Waals surface area contributed by atoms with Gasteiger partial charge >= 0.3 is 51.4 Å². The Kier molecular flexibility index (Phi) is 13.2. The van der Waals surface area contributed by atoms with Gasteiger partial charge in [-0.2, -0.15) is 0 Å². The van der Waals surface area contributed by atoms with E-state index in [0.717, 1.165) is 19.3 Å². The van der Waals surface area contributed by atoms with E-state index < -0.39 is 0 Å². The molecule has 3 unspecified atom stereocenters. The van der Waals surface area contributed by atoms with Crippen LogP contribution in [0.1, 0.15) is 40.0 Å². The zero-order chi connectivity index (χ0) is 9.56. The van der Waals surface area contributed by atoms with Crippen LogP contribution in [0.4, 0.5) is 0 Å². The van der Waals surface area contributed by atoms with Gasteiger partial charge in [0.2, 0.25) is 0 Å². The molecular formula is C10H23KO2. The molecule has 0 bridgehead atoms. The van der Waals surface area contributed by atoms with Crippen molar-refractivity contribution < 1.29 is 10.2 Å². The number of hydrogen-bond donors (Lipinski definition) is 2. The predicted octanol–water partition coefficient (Wildman–Crippen LogP) is 1.15. The zero-order valence-corrected chi connectivity index (χ0v) is 8.45. The van der Waals surface area contributed by atoms with Gasteiger partial charge < -0.3 is 10.2 Å². The maximum atomic E-state index is 9.58. The van der Waals surface area contributed by atoms with Crippen LogP contribution in [0, 0.1) is 11.8 Å². The van der Waals surface area contributed by atoms with E-state index in [9.17, 15) is 5.11 Å². The molecule has 0 amide bonds. The van der Waals surface area contributed by atoms with Gasteiger partial charge in [0.25, 0.3) is 0 Å². The molecule has 3 atom stereocenters. The molecular weight excluding hydrogens is 191 g/mol. The average molecular weight is 214 g/mol. The van der Waals surface area contributed by atoms with Crippen molar-refractivity contribution >= 4 is 51.4 Å². The predicted molar refractivity (Wildman–Crippen MR) is 58.1 cm³/mol. The summed E-state index contributed by atoms with van der Waals surface area (Å²) in [5.74, 6) is 0.708. The van der Waals surface area contributed by atoms with Crippen molar-refractivity contribution in [3.8, 4) is 0 Å². The van der Waals surface area contributed by atoms with Gasteiger partial charge in [-0.25, -0.2) is 0 Å². The summed E-state index contributed by atoms with van der Waals surface area (Å²) < 4.78 is 0. The third-order valence-electron chi connectivity index (χ3n) is 2.57. The molecule has 0 rings (SSSR count). The molecule has 0 radical (unpaired) electrons. The topological polar surface area (TPSA) is 40.5 Å². The van der Waals surface area contributed by atoms with Crippen LogP contribution in [0.15, 0.2) is 0 Å². The normalized spacial score (nSPS) is 17.3. The molecule has 13 heavy (non-hydrogen) atoms. The summed E-state index contributed by atoms with van der Waals surface area (Å²) in [6, 6.07) is 0. The third-order valence-corrected chi connectivity index (χ3v) is 2.57. The molecule has 0 fully saturated rings. The molecule has 0 aliphatic carbocycles. The Morgan fingerprint density at radius 1 is 1.15 bits per heavy atom. The maximum absolute atomic E-state index is 9.58. The first kappa shape index (κ1) is 17.0. The van der Waals surface area contributed by atoms with Gasteiger partial charge in [0.15, 0.2) is 0 Å². The van der Waals surface area contributed by atoms with Crippen LogP contribution in [0.5, 0.6) is 0 Å². The quantitative estimate of drug-likeness (QED) is 0.651. The Hall–Kier alpha value is 1.56. The van der Waals surface area contributed by atoms with E-state index in [0.29, 0.717) is 11.8 Å². The minimum atomic E-state index is -0.191. The molecule has 3 heteroatoms. The van der Waals surface area contributed by atoms with Crippen molar-refractivity contribution in [1.29, 1.82) is 0 Å². The van der Waals surface area contributed by atoms with Crippen molar-refractivity contribution in [3.05, 3.63) is 0 Å².